The molecular weight excluding hydrogens is 350 g/mol. The van der Waals surface area contributed by atoms with Crippen LogP contribution in [0.5, 0.6) is 0 Å². The number of nitrogens with zero attached hydrogens (tertiary/aromatic N) is 2. The van der Waals surface area contributed by atoms with E-state index in [1.165, 1.54) is 35.4 Å². The second kappa shape index (κ2) is 6.87. The first kappa shape index (κ1) is 17.5. The van der Waals surface area contributed by atoms with E-state index in [9.17, 15) is 22.0 Å². The van der Waals surface area contributed by atoms with Crippen molar-refractivity contribution in [1.82, 2.24) is 9.88 Å². The monoisotopic (exact) mass is 366 g/mol. The van der Waals surface area contributed by atoms with Gasteiger partial charge >= 0.3 is 0 Å². The highest BCUT2D eigenvalue weighted by Gasteiger charge is 2.34. The molecule has 0 radical (unpaired) electrons. The molecule has 0 bridgehead atoms. The molecule has 0 spiro atoms. The Kier molecular flexibility index (Phi) is 4.80. The lowest BCUT2D eigenvalue weighted by atomic mass is 10.1. The zero-order valence-electron chi connectivity index (χ0n) is 13.2. The average Bonchev–Trinajstić information content (AvgIpc) is 2.74. The molecule has 2 heterocycles. The molecule has 1 atom stereocenters. The van der Waals surface area contributed by atoms with Crippen LogP contribution in [0.4, 0.5) is 8.78 Å². The minimum Gasteiger partial charge on any atom is -0.337 e. The SMILES string of the molecule is O=C(c1ccncc1F)N1CC[C@@H](c2ccccc2F)S(=O)(=O)CC1. The molecule has 0 unspecified atom stereocenters. The predicted molar refractivity (Wildman–Crippen MR) is 87.6 cm³/mol. The Labute approximate surface area is 144 Å². The number of benzene rings is 1. The number of carbonyl (C=O) groups excluding carboxylic acids is 1. The third-order valence-electron chi connectivity index (χ3n) is 4.28. The molecule has 1 aliphatic heterocycles. The summed E-state index contributed by atoms with van der Waals surface area (Å²) in [6.45, 7) is 0.0344. The Balaban J connectivity index is 1.87. The maximum absolute atomic E-state index is 14.0. The van der Waals surface area contributed by atoms with Crippen molar-refractivity contribution in [2.45, 2.75) is 11.7 Å². The van der Waals surface area contributed by atoms with Crippen LogP contribution in [-0.4, -0.2) is 43.1 Å². The fourth-order valence-corrected chi connectivity index (χ4v) is 4.75. The van der Waals surface area contributed by atoms with Crippen molar-refractivity contribution in [2.75, 3.05) is 18.8 Å². The molecule has 132 valence electrons. The summed E-state index contributed by atoms with van der Waals surface area (Å²) >= 11 is 0. The molecule has 5 nitrogen and oxygen atoms in total. The Morgan fingerprint density at radius 3 is 2.60 bits per heavy atom. The maximum atomic E-state index is 14.0. The molecule has 0 N–H and O–H groups in total. The predicted octanol–water partition coefficient (Wildman–Crippen LogP) is 2.36. The topological polar surface area (TPSA) is 67.3 Å². The summed E-state index contributed by atoms with van der Waals surface area (Å²) in [5.41, 5.74) is -0.0522. The van der Waals surface area contributed by atoms with Crippen LogP contribution in [0.1, 0.15) is 27.6 Å². The molecule has 0 saturated carbocycles. The minimum atomic E-state index is -3.63. The summed E-state index contributed by atoms with van der Waals surface area (Å²) in [6, 6.07) is 6.98. The largest absolute Gasteiger partial charge is 0.337 e. The van der Waals surface area contributed by atoms with Crippen molar-refractivity contribution >= 4 is 15.7 Å². The third kappa shape index (κ3) is 3.53. The number of amides is 1. The molecule has 1 amide bonds. The van der Waals surface area contributed by atoms with Crippen molar-refractivity contribution in [2.24, 2.45) is 0 Å². The highest BCUT2D eigenvalue weighted by Crippen LogP contribution is 2.31. The normalized spacial score (nSPS) is 20.1. The number of hydrogen-bond acceptors (Lipinski definition) is 4. The number of hydrogen-bond donors (Lipinski definition) is 0. The number of carbonyl (C=O) groups is 1. The maximum Gasteiger partial charge on any atom is 0.256 e. The van der Waals surface area contributed by atoms with Gasteiger partial charge in [-0.2, -0.15) is 0 Å². The summed E-state index contributed by atoms with van der Waals surface area (Å²) in [6.07, 6.45) is 2.29. The van der Waals surface area contributed by atoms with Crippen LogP contribution < -0.4 is 0 Å². The fourth-order valence-electron chi connectivity index (χ4n) is 2.95. The Morgan fingerprint density at radius 1 is 1.12 bits per heavy atom. The van der Waals surface area contributed by atoms with Gasteiger partial charge in [0.15, 0.2) is 15.7 Å². The number of halogens is 2. The highest BCUT2D eigenvalue weighted by molar-refractivity contribution is 7.91. The Bertz CT molecular complexity index is 902. The van der Waals surface area contributed by atoms with E-state index in [1.807, 2.05) is 0 Å². The van der Waals surface area contributed by atoms with Crippen molar-refractivity contribution in [3.8, 4) is 0 Å². The van der Waals surface area contributed by atoms with Crippen molar-refractivity contribution in [3.63, 3.8) is 0 Å². The van der Waals surface area contributed by atoms with Gasteiger partial charge in [0.25, 0.3) is 5.91 Å². The number of pyridine rings is 1. The van der Waals surface area contributed by atoms with E-state index in [0.29, 0.717) is 0 Å². The van der Waals surface area contributed by atoms with E-state index >= 15 is 0 Å². The van der Waals surface area contributed by atoms with Gasteiger partial charge in [0, 0.05) is 24.8 Å². The standard InChI is InChI=1S/C17H16F2N2O3S/c18-14-4-2-1-3-12(14)16-6-8-21(9-10-25(16,23)24)17(22)13-5-7-20-11-15(13)19/h1-5,7,11,16H,6,8-10H2/t16-/m0/s1. The second-order valence-corrected chi connectivity index (χ2v) is 8.12. The lowest BCUT2D eigenvalue weighted by molar-refractivity contribution is 0.0761. The van der Waals surface area contributed by atoms with E-state index in [4.69, 9.17) is 0 Å². The number of rotatable bonds is 2. The zero-order valence-corrected chi connectivity index (χ0v) is 14.0. The molecule has 1 fully saturated rings. The molecule has 1 aromatic heterocycles. The van der Waals surface area contributed by atoms with Gasteiger partial charge < -0.3 is 4.90 Å². The first-order chi connectivity index (χ1) is 11.9. The molecule has 8 heteroatoms. The molecule has 1 aliphatic rings. The van der Waals surface area contributed by atoms with Crippen LogP contribution in [0, 0.1) is 11.6 Å². The summed E-state index contributed by atoms with van der Waals surface area (Å²) in [7, 11) is -3.63. The molecule has 3 rings (SSSR count). The molecule has 2 aromatic rings. The molecule has 1 aromatic carbocycles. The van der Waals surface area contributed by atoms with Crippen molar-refractivity contribution < 1.29 is 22.0 Å². The summed E-state index contributed by atoms with van der Waals surface area (Å²) < 4.78 is 52.9. The van der Waals surface area contributed by atoms with E-state index in [-0.39, 0.29) is 36.4 Å². The van der Waals surface area contributed by atoms with Gasteiger partial charge in [-0.05, 0) is 18.6 Å². The summed E-state index contributed by atoms with van der Waals surface area (Å²) in [5.74, 6) is -2.24. The van der Waals surface area contributed by atoms with E-state index in [0.717, 1.165) is 6.20 Å². The molecule has 1 saturated heterocycles. The van der Waals surface area contributed by atoms with E-state index < -0.39 is 32.6 Å². The average molecular weight is 366 g/mol. The highest BCUT2D eigenvalue weighted by atomic mass is 32.2. The van der Waals surface area contributed by atoms with Gasteiger partial charge in [-0.3, -0.25) is 9.78 Å². The van der Waals surface area contributed by atoms with Gasteiger partial charge in [-0.1, -0.05) is 18.2 Å². The second-order valence-electron chi connectivity index (χ2n) is 5.81. The number of sulfone groups is 1. The molecular formula is C17H16F2N2O3S. The van der Waals surface area contributed by atoms with Crippen LogP contribution in [-0.2, 0) is 9.84 Å². The van der Waals surface area contributed by atoms with Crippen molar-refractivity contribution in [3.05, 3.63) is 65.5 Å². The molecule has 25 heavy (non-hydrogen) atoms. The fraction of sp³-hybridized carbons (Fsp3) is 0.294. The third-order valence-corrected chi connectivity index (χ3v) is 6.39. The van der Waals surface area contributed by atoms with Gasteiger partial charge in [0.2, 0.25) is 0 Å². The van der Waals surface area contributed by atoms with Crippen LogP contribution in [0.2, 0.25) is 0 Å². The van der Waals surface area contributed by atoms with Crippen molar-refractivity contribution in [1.29, 1.82) is 0 Å². The first-order valence-electron chi connectivity index (χ1n) is 7.75. The lowest BCUT2D eigenvalue weighted by Gasteiger charge is -2.20. The Morgan fingerprint density at radius 2 is 1.88 bits per heavy atom. The Hall–Kier alpha value is -2.35. The van der Waals surface area contributed by atoms with Crippen LogP contribution in [0.25, 0.3) is 0 Å². The smallest absolute Gasteiger partial charge is 0.256 e. The number of aromatic nitrogens is 1. The zero-order chi connectivity index (χ0) is 18.0. The first-order valence-corrected chi connectivity index (χ1v) is 9.46. The van der Waals surface area contributed by atoms with Gasteiger partial charge in [-0.15, -0.1) is 0 Å². The quantitative estimate of drug-likeness (QED) is 0.818. The van der Waals surface area contributed by atoms with Gasteiger partial charge in [-0.25, -0.2) is 17.2 Å². The lowest BCUT2D eigenvalue weighted by Crippen LogP contribution is -2.34. The molecule has 0 aliphatic carbocycles. The van der Waals surface area contributed by atoms with Gasteiger partial charge in [0.1, 0.15) is 5.82 Å². The van der Waals surface area contributed by atoms with Crippen LogP contribution in [0.3, 0.4) is 0 Å². The summed E-state index contributed by atoms with van der Waals surface area (Å²) in [4.78, 5) is 17.4. The van der Waals surface area contributed by atoms with E-state index in [2.05, 4.69) is 4.98 Å². The van der Waals surface area contributed by atoms with Crippen LogP contribution >= 0.6 is 0 Å². The van der Waals surface area contributed by atoms with E-state index in [1.54, 1.807) is 6.07 Å². The van der Waals surface area contributed by atoms with Crippen LogP contribution in [0.15, 0.2) is 42.7 Å². The summed E-state index contributed by atoms with van der Waals surface area (Å²) in [5, 5.41) is -1.02. The minimum absolute atomic E-state index is 0.0573. The van der Waals surface area contributed by atoms with Gasteiger partial charge in [0.05, 0.1) is 22.8 Å².